The SMILES string of the molecule is CCCc1nnsc1C(=O)Nc1ncccc1Br. The Labute approximate surface area is 117 Å². The molecular formula is C11H11BrN4OS. The van der Waals surface area contributed by atoms with E-state index in [1.165, 1.54) is 0 Å². The van der Waals surface area contributed by atoms with Gasteiger partial charge >= 0.3 is 0 Å². The average molecular weight is 327 g/mol. The molecule has 0 spiro atoms. The number of carbonyl (C=O) groups is 1. The van der Waals surface area contributed by atoms with Gasteiger partial charge in [-0.1, -0.05) is 17.8 Å². The van der Waals surface area contributed by atoms with Crippen LogP contribution in [0.3, 0.4) is 0 Å². The lowest BCUT2D eigenvalue weighted by Crippen LogP contribution is -2.13. The molecule has 7 heteroatoms. The first kappa shape index (κ1) is 13.1. The fraction of sp³-hybridized carbons (Fsp3) is 0.273. The van der Waals surface area contributed by atoms with E-state index in [0.29, 0.717) is 10.7 Å². The molecule has 1 N–H and O–H groups in total. The Morgan fingerprint density at radius 3 is 3.11 bits per heavy atom. The van der Waals surface area contributed by atoms with Gasteiger partial charge in [0, 0.05) is 6.20 Å². The molecule has 2 aromatic heterocycles. The summed E-state index contributed by atoms with van der Waals surface area (Å²) < 4.78 is 4.57. The largest absolute Gasteiger partial charge is 0.305 e. The maximum absolute atomic E-state index is 12.1. The average Bonchev–Trinajstić information content (AvgIpc) is 2.81. The van der Waals surface area contributed by atoms with Gasteiger partial charge in [0.15, 0.2) is 0 Å². The number of nitrogens with one attached hydrogen (secondary N) is 1. The van der Waals surface area contributed by atoms with Crippen molar-refractivity contribution < 1.29 is 4.79 Å². The van der Waals surface area contributed by atoms with Crippen LogP contribution in [0.15, 0.2) is 22.8 Å². The Kier molecular flexibility index (Phi) is 4.38. The van der Waals surface area contributed by atoms with Gasteiger partial charge < -0.3 is 5.32 Å². The van der Waals surface area contributed by atoms with Crippen molar-refractivity contribution in [1.29, 1.82) is 0 Å². The molecule has 5 nitrogen and oxygen atoms in total. The minimum absolute atomic E-state index is 0.215. The first-order chi connectivity index (χ1) is 8.72. The van der Waals surface area contributed by atoms with Gasteiger partial charge in [-0.15, -0.1) is 5.10 Å². The Morgan fingerprint density at radius 2 is 2.39 bits per heavy atom. The van der Waals surface area contributed by atoms with Crippen LogP contribution in [0.2, 0.25) is 0 Å². The molecule has 2 heterocycles. The number of aryl methyl sites for hydroxylation is 1. The molecule has 18 heavy (non-hydrogen) atoms. The predicted octanol–water partition coefficient (Wildman–Crippen LogP) is 2.90. The summed E-state index contributed by atoms with van der Waals surface area (Å²) in [6, 6.07) is 3.61. The molecule has 0 aliphatic rings. The highest BCUT2D eigenvalue weighted by Crippen LogP contribution is 2.20. The van der Waals surface area contributed by atoms with Crippen LogP contribution in [0.1, 0.15) is 28.7 Å². The van der Waals surface area contributed by atoms with Gasteiger partial charge in [-0.2, -0.15) is 0 Å². The van der Waals surface area contributed by atoms with Crippen molar-refractivity contribution in [3.8, 4) is 0 Å². The number of hydrogen-bond acceptors (Lipinski definition) is 5. The zero-order valence-electron chi connectivity index (χ0n) is 9.68. The predicted molar refractivity (Wildman–Crippen MR) is 73.8 cm³/mol. The summed E-state index contributed by atoms with van der Waals surface area (Å²) >= 11 is 4.44. The zero-order chi connectivity index (χ0) is 13.0. The van der Waals surface area contributed by atoms with E-state index in [9.17, 15) is 4.79 Å². The lowest BCUT2D eigenvalue weighted by molar-refractivity contribution is 0.102. The van der Waals surface area contributed by atoms with Crippen LogP contribution in [-0.2, 0) is 6.42 Å². The summed E-state index contributed by atoms with van der Waals surface area (Å²) in [5.74, 6) is 0.284. The lowest BCUT2D eigenvalue weighted by atomic mass is 10.2. The molecule has 2 aromatic rings. The summed E-state index contributed by atoms with van der Waals surface area (Å²) in [5, 5.41) is 6.71. The van der Waals surface area contributed by atoms with Gasteiger partial charge in [0.1, 0.15) is 10.7 Å². The standard InChI is InChI=1S/C11H11BrN4OS/c1-2-4-8-9(18-16-15-8)11(17)14-10-7(12)5-3-6-13-10/h3,5-6H,2,4H2,1H3,(H,13,14,17). The van der Waals surface area contributed by atoms with Crippen molar-refractivity contribution >= 4 is 39.2 Å². The Morgan fingerprint density at radius 1 is 1.56 bits per heavy atom. The zero-order valence-corrected chi connectivity index (χ0v) is 12.1. The number of aromatic nitrogens is 3. The van der Waals surface area contributed by atoms with Gasteiger partial charge in [-0.05, 0) is 46.0 Å². The molecule has 0 aliphatic carbocycles. The van der Waals surface area contributed by atoms with Gasteiger partial charge in [-0.3, -0.25) is 4.79 Å². The van der Waals surface area contributed by atoms with Crippen LogP contribution in [-0.4, -0.2) is 20.5 Å². The molecule has 0 saturated carbocycles. The molecule has 0 aromatic carbocycles. The number of hydrogen-bond donors (Lipinski definition) is 1. The lowest BCUT2D eigenvalue weighted by Gasteiger charge is -2.04. The Balaban J connectivity index is 2.17. The number of rotatable bonds is 4. The molecule has 1 amide bonds. The Hall–Kier alpha value is -1.34. The molecule has 0 unspecified atom stereocenters. The molecule has 0 bridgehead atoms. The summed E-state index contributed by atoms with van der Waals surface area (Å²) in [7, 11) is 0. The molecule has 0 fully saturated rings. The highest BCUT2D eigenvalue weighted by atomic mass is 79.9. The first-order valence-electron chi connectivity index (χ1n) is 5.45. The van der Waals surface area contributed by atoms with Crippen molar-refractivity contribution in [3.05, 3.63) is 33.4 Å². The van der Waals surface area contributed by atoms with Gasteiger partial charge in [0.05, 0.1) is 10.2 Å². The third-order valence-corrected chi connectivity index (χ3v) is 3.65. The van der Waals surface area contributed by atoms with Crippen molar-refractivity contribution in [2.45, 2.75) is 19.8 Å². The van der Waals surface area contributed by atoms with E-state index in [2.05, 4.69) is 35.8 Å². The molecule has 0 radical (unpaired) electrons. The van der Waals surface area contributed by atoms with Crippen molar-refractivity contribution in [3.63, 3.8) is 0 Å². The van der Waals surface area contributed by atoms with Crippen LogP contribution in [0.5, 0.6) is 0 Å². The molecule has 0 saturated heterocycles. The number of carbonyl (C=O) groups excluding carboxylic acids is 1. The van der Waals surface area contributed by atoms with Gasteiger partial charge in [0.25, 0.3) is 5.91 Å². The summed E-state index contributed by atoms with van der Waals surface area (Å²) in [5.41, 5.74) is 0.743. The quantitative estimate of drug-likeness (QED) is 0.937. The number of halogens is 1. The first-order valence-corrected chi connectivity index (χ1v) is 7.02. The highest BCUT2D eigenvalue weighted by Gasteiger charge is 2.16. The number of anilines is 1. The monoisotopic (exact) mass is 326 g/mol. The van der Waals surface area contributed by atoms with E-state index < -0.39 is 0 Å². The van der Waals surface area contributed by atoms with Crippen LogP contribution in [0.25, 0.3) is 0 Å². The van der Waals surface area contributed by atoms with Gasteiger partial charge in [-0.25, -0.2) is 4.98 Å². The van der Waals surface area contributed by atoms with Crippen LogP contribution in [0.4, 0.5) is 5.82 Å². The minimum Gasteiger partial charge on any atom is -0.305 e. The Bertz CT molecular complexity index is 557. The molecule has 94 valence electrons. The molecule has 0 aliphatic heterocycles. The van der Waals surface area contributed by atoms with E-state index in [-0.39, 0.29) is 5.91 Å². The van der Waals surface area contributed by atoms with Crippen molar-refractivity contribution in [2.24, 2.45) is 0 Å². The van der Waals surface area contributed by atoms with Crippen LogP contribution in [0, 0.1) is 0 Å². The van der Waals surface area contributed by atoms with Crippen LogP contribution < -0.4 is 5.32 Å². The van der Waals surface area contributed by atoms with E-state index in [0.717, 1.165) is 34.5 Å². The van der Waals surface area contributed by atoms with E-state index in [1.807, 2.05) is 13.0 Å². The second-order valence-electron chi connectivity index (χ2n) is 3.59. The van der Waals surface area contributed by atoms with Crippen molar-refractivity contribution in [2.75, 3.05) is 5.32 Å². The number of amides is 1. The maximum Gasteiger partial charge on any atom is 0.270 e. The second-order valence-corrected chi connectivity index (χ2v) is 5.20. The topological polar surface area (TPSA) is 67.8 Å². The van der Waals surface area contributed by atoms with Gasteiger partial charge in [0.2, 0.25) is 0 Å². The highest BCUT2D eigenvalue weighted by molar-refractivity contribution is 9.10. The van der Waals surface area contributed by atoms with E-state index in [1.54, 1.807) is 12.3 Å². The second kappa shape index (κ2) is 6.01. The summed E-state index contributed by atoms with van der Waals surface area (Å²) in [6.45, 7) is 2.04. The fourth-order valence-corrected chi connectivity index (χ4v) is 2.38. The van der Waals surface area contributed by atoms with Crippen molar-refractivity contribution in [1.82, 2.24) is 14.6 Å². The molecular weight excluding hydrogens is 316 g/mol. The fourth-order valence-electron chi connectivity index (χ4n) is 1.42. The van der Waals surface area contributed by atoms with E-state index >= 15 is 0 Å². The number of nitrogens with zero attached hydrogens (tertiary/aromatic N) is 3. The maximum atomic E-state index is 12.1. The third kappa shape index (κ3) is 2.91. The third-order valence-electron chi connectivity index (χ3n) is 2.24. The normalized spacial score (nSPS) is 10.3. The number of pyridine rings is 1. The molecule has 0 atom stereocenters. The minimum atomic E-state index is -0.215. The summed E-state index contributed by atoms with van der Waals surface area (Å²) in [4.78, 5) is 16.7. The van der Waals surface area contributed by atoms with Crippen LogP contribution >= 0.6 is 27.5 Å². The summed E-state index contributed by atoms with van der Waals surface area (Å²) in [6.07, 6.45) is 3.31. The molecule has 2 rings (SSSR count). The van der Waals surface area contributed by atoms with E-state index in [4.69, 9.17) is 0 Å². The smallest absolute Gasteiger partial charge is 0.270 e.